The number of carbonyl (C=O) groups is 1. The van der Waals surface area contributed by atoms with Gasteiger partial charge in [-0.2, -0.15) is 0 Å². The molecule has 3 aromatic rings. The van der Waals surface area contributed by atoms with Crippen LogP contribution in [0.1, 0.15) is 39.7 Å². The van der Waals surface area contributed by atoms with Gasteiger partial charge in [0.2, 0.25) is 0 Å². The van der Waals surface area contributed by atoms with Crippen molar-refractivity contribution in [2.75, 3.05) is 7.11 Å². The number of benzene rings is 1. The van der Waals surface area contributed by atoms with E-state index >= 15 is 0 Å². The SMILES string of the molecule is COc1cccc(C(=O)O[C@@H](C)c2nc3sc(C)c(C)c3c(=O)[nH]2)c1. The van der Waals surface area contributed by atoms with Gasteiger partial charge in [0.05, 0.1) is 18.1 Å². The third kappa shape index (κ3) is 3.28. The maximum absolute atomic E-state index is 12.3. The Morgan fingerprint density at radius 1 is 1.32 bits per heavy atom. The molecule has 0 unspecified atom stereocenters. The quantitative estimate of drug-likeness (QED) is 0.722. The van der Waals surface area contributed by atoms with Crippen molar-refractivity contribution in [1.29, 1.82) is 0 Å². The standard InChI is InChI=1S/C18H18N2O4S/c1-9-11(3)25-17-14(9)16(21)19-15(20-17)10(2)24-18(22)12-6-5-7-13(8-12)23-4/h5-8,10H,1-4H3,(H,19,20,21)/t10-/m0/s1. The number of hydrogen-bond acceptors (Lipinski definition) is 6. The Bertz CT molecular complexity index is 1010. The molecule has 2 heterocycles. The van der Waals surface area contributed by atoms with Gasteiger partial charge in [0, 0.05) is 4.88 Å². The van der Waals surface area contributed by atoms with Crippen LogP contribution < -0.4 is 10.3 Å². The summed E-state index contributed by atoms with van der Waals surface area (Å²) in [4.78, 5) is 33.5. The first kappa shape index (κ1) is 17.2. The number of nitrogens with zero attached hydrogens (tertiary/aromatic N) is 1. The lowest BCUT2D eigenvalue weighted by Crippen LogP contribution is -2.17. The third-order valence-corrected chi connectivity index (χ3v) is 5.13. The summed E-state index contributed by atoms with van der Waals surface area (Å²) in [5.41, 5.74) is 1.09. The van der Waals surface area contributed by atoms with Crippen molar-refractivity contribution < 1.29 is 14.3 Å². The van der Waals surface area contributed by atoms with E-state index in [1.165, 1.54) is 18.4 Å². The van der Waals surface area contributed by atoms with Crippen molar-refractivity contribution >= 4 is 27.5 Å². The second-order valence-corrected chi connectivity index (χ2v) is 6.90. The minimum absolute atomic E-state index is 0.217. The Hall–Kier alpha value is -2.67. The van der Waals surface area contributed by atoms with Crippen LogP contribution in [0, 0.1) is 13.8 Å². The summed E-state index contributed by atoms with van der Waals surface area (Å²) in [6.07, 6.45) is -0.682. The normalized spacial score (nSPS) is 12.2. The van der Waals surface area contributed by atoms with Crippen LogP contribution in [0.5, 0.6) is 5.75 Å². The lowest BCUT2D eigenvalue weighted by atomic mass is 10.2. The first-order chi connectivity index (χ1) is 11.9. The maximum Gasteiger partial charge on any atom is 0.338 e. The van der Waals surface area contributed by atoms with Crippen LogP contribution in [0.2, 0.25) is 0 Å². The molecule has 1 aromatic carbocycles. The van der Waals surface area contributed by atoms with E-state index in [1.54, 1.807) is 31.2 Å². The zero-order valence-electron chi connectivity index (χ0n) is 14.4. The smallest absolute Gasteiger partial charge is 0.338 e. The fourth-order valence-corrected chi connectivity index (χ4v) is 3.54. The molecule has 0 aliphatic carbocycles. The summed E-state index contributed by atoms with van der Waals surface area (Å²) >= 11 is 1.46. The molecule has 0 spiro atoms. The van der Waals surface area contributed by atoms with E-state index in [0.717, 1.165) is 10.4 Å². The molecule has 25 heavy (non-hydrogen) atoms. The largest absolute Gasteiger partial charge is 0.497 e. The van der Waals surface area contributed by atoms with Gasteiger partial charge in [-0.05, 0) is 44.5 Å². The van der Waals surface area contributed by atoms with Crippen molar-refractivity contribution in [2.24, 2.45) is 0 Å². The summed E-state index contributed by atoms with van der Waals surface area (Å²) < 4.78 is 10.5. The molecule has 0 radical (unpaired) electrons. The van der Waals surface area contributed by atoms with Gasteiger partial charge in [0.25, 0.3) is 5.56 Å². The van der Waals surface area contributed by atoms with Gasteiger partial charge in [-0.15, -0.1) is 11.3 Å². The highest BCUT2D eigenvalue weighted by Gasteiger charge is 2.19. The summed E-state index contributed by atoms with van der Waals surface area (Å²) in [6, 6.07) is 6.70. The highest BCUT2D eigenvalue weighted by Crippen LogP contribution is 2.27. The zero-order chi connectivity index (χ0) is 18.1. The van der Waals surface area contributed by atoms with Gasteiger partial charge in [0.1, 0.15) is 10.6 Å². The predicted octanol–water partition coefficient (Wildman–Crippen LogP) is 3.53. The summed E-state index contributed by atoms with van der Waals surface area (Å²) in [7, 11) is 1.53. The number of fused-ring (bicyclic) bond motifs is 1. The molecular weight excluding hydrogens is 340 g/mol. The number of nitrogens with one attached hydrogen (secondary N) is 1. The molecule has 0 amide bonds. The van der Waals surface area contributed by atoms with Crippen molar-refractivity contribution in [3.63, 3.8) is 0 Å². The molecule has 0 saturated carbocycles. The molecular formula is C18H18N2O4S. The zero-order valence-corrected chi connectivity index (χ0v) is 15.2. The van der Waals surface area contributed by atoms with Crippen LogP contribution >= 0.6 is 11.3 Å². The monoisotopic (exact) mass is 358 g/mol. The Kier molecular flexibility index (Phi) is 4.59. The minimum atomic E-state index is -0.682. The first-order valence-electron chi connectivity index (χ1n) is 7.75. The number of thiophene rings is 1. The first-order valence-corrected chi connectivity index (χ1v) is 8.57. The Morgan fingerprint density at radius 2 is 2.08 bits per heavy atom. The average molecular weight is 358 g/mol. The Balaban J connectivity index is 1.88. The minimum Gasteiger partial charge on any atom is -0.497 e. The second kappa shape index (κ2) is 6.68. The lowest BCUT2D eigenvalue weighted by Gasteiger charge is -2.13. The van der Waals surface area contributed by atoms with Gasteiger partial charge >= 0.3 is 5.97 Å². The van der Waals surface area contributed by atoms with Crippen molar-refractivity contribution in [3.05, 3.63) is 56.4 Å². The Morgan fingerprint density at radius 3 is 2.80 bits per heavy atom. The van der Waals surface area contributed by atoms with Crippen LogP contribution in [-0.2, 0) is 4.74 Å². The van der Waals surface area contributed by atoms with Gasteiger partial charge in [-0.3, -0.25) is 4.79 Å². The van der Waals surface area contributed by atoms with Crippen LogP contribution in [0.3, 0.4) is 0 Å². The molecule has 0 fully saturated rings. The van der Waals surface area contributed by atoms with E-state index < -0.39 is 12.1 Å². The van der Waals surface area contributed by atoms with E-state index in [9.17, 15) is 9.59 Å². The summed E-state index contributed by atoms with van der Waals surface area (Å²) in [5, 5.41) is 0.595. The average Bonchev–Trinajstić information content (AvgIpc) is 2.89. The maximum atomic E-state index is 12.3. The highest BCUT2D eigenvalue weighted by molar-refractivity contribution is 7.18. The Labute approximate surface area is 148 Å². The molecule has 0 saturated heterocycles. The number of H-pyrrole nitrogens is 1. The molecule has 1 atom stereocenters. The van der Waals surface area contributed by atoms with Crippen LogP contribution in [0.4, 0.5) is 0 Å². The van der Waals surface area contributed by atoms with Crippen LogP contribution in [0.25, 0.3) is 10.2 Å². The fraction of sp³-hybridized carbons (Fsp3) is 0.278. The van der Waals surface area contributed by atoms with Crippen molar-refractivity contribution in [2.45, 2.75) is 26.9 Å². The number of hydrogen-bond donors (Lipinski definition) is 1. The predicted molar refractivity (Wildman–Crippen MR) is 96.5 cm³/mol. The molecule has 0 aliphatic rings. The second-order valence-electron chi connectivity index (χ2n) is 5.69. The van der Waals surface area contributed by atoms with Gasteiger partial charge in [-0.1, -0.05) is 6.07 Å². The molecule has 6 nitrogen and oxygen atoms in total. The molecule has 7 heteroatoms. The number of carbonyl (C=O) groups excluding carboxylic acids is 1. The summed E-state index contributed by atoms with van der Waals surface area (Å²) in [5.74, 6) is 0.391. The summed E-state index contributed by atoms with van der Waals surface area (Å²) in [6.45, 7) is 5.53. The van der Waals surface area contributed by atoms with E-state index in [4.69, 9.17) is 9.47 Å². The molecule has 0 bridgehead atoms. The van der Waals surface area contributed by atoms with Crippen LogP contribution in [-0.4, -0.2) is 23.0 Å². The number of methoxy groups -OCH3 is 1. The molecule has 130 valence electrons. The highest BCUT2D eigenvalue weighted by atomic mass is 32.1. The van der Waals surface area contributed by atoms with Crippen molar-refractivity contribution in [3.8, 4) is 5.75 Å². The van der Waals surface area contributed by atoms with E-state index in [2.05, 4.69) is 9.97 Å². The molecule has 3 rings (SSSR count). The number of esters is 1. The number of rotatable bonds is 4. The fourth-order valence-electron chi connectivity index (χ4n) is 2.50. The topological polar surface area (TPSA) is 81.3 Å². The number of aromatic amines is 1. The van der Waals surface area contributed by atoms with Gasteiger partial charge in [-0.25, -0.2) is 9.78 Å². The number of aryl methyl sites for hydroxylation is 2. The molecule has 2 aromatic heterocycles. The number of ether oxygens (including phenoxy) is 2. The lowest BCUT2D eigenvalue weighted by molar-refractivity contribution is 0.0319. The molecule has 0 aliphatic heterocycles. The molecule has 1 N–H and O–H groups in total. The van der Waals surface area contributed by atoms with E-state index in [0.29, 0.717) is 27.4 Å². The third-order valence-electron chi connectivity index (χ3n) is 4.03. The number of aromatic nitrogens is 2. The van der Waals surface area contributed by atoms with Crippen molar-refractivity contribution in [1.82, 2.24) is 9.97 Å². The van der Waals surface area contributed by atoms with Gasteiger partial charge in [0.15, 0.2) is 11.9 Å². The van der Waals surface area contributed by atoms with Crippen LogP contribution in [0.15, 0.2) is 29.1 Å². The van der Waals surface area contributed by atoms with E-state index in [-0.39, 0.29) is 5.56 Å². The van der Waals surface area contributed by atoms with E-state index in [1.807, 2.05) is 13.8 Å². The van der Waals surface area contributed by atoms with Gasteiger partial charge < -0.3 is 14.5 Å².